The van der Waals surface area contributed by atoms with Crippen LogP contribution in [0.2, 0.25) is 0 Å². The first-order valence-corrected chi connectivity index (χ1v) is 5.87. The quantitative estimate of drug-likeness (QED) is 0.876. The van der Waals surface area contributed by atoms with Crippen LogP contribution in [0, 0.1) is 6.92 Å². The van der Waals surface area contributed by atoms with Gasteiger partial charge < -0.3 is 5.73 Å². The molecule has 3 nitrogen and oxygen atoms in total. The third-order valence-electron chi connectivity index (χ3n) is 2.87. The van der Waals surface area contributed by atoms with Gasteiger partial charge in [-0.1, -0.05) is 31.2 Å². The van der Waals surface area contributed by atoms with E-state index in [1.807, 2.05) is 31.3 Å². The van der Waals surface area contributed by atoms with E-state index in [1.165, 1.54) is 0 Å². The van der Waals surface area contributed by atoms with Gasteiger partial charge in [0, 0.05) is 30.4 Å². The maximum atomic E-state index is 5.75. The number of rotatable bonds is 3. The first-order chi connectivity index (χ1) is 8.26. The van der Waals surface area contributed by atoms with E-state index < -0.39 is 0 Å². The Morgan fingerprint density at radius 1 is 1.18 bits per heavy atom. The first kappa shape index (κ1) is 11.7. The molecule has 0 bridgehead atoms. The van der Waals surface area contributed by atoms with Crippen molar-refractivity contribution in [3.05, 3.63) is 47.5 Å². The molecule has 0 unspecified atom stereocenters. The van der Waals surface area contributed by atoms with Gasteiger partial charge in [-0.2, -0.15) is 0 Å². The molecular formula is C14H17N3. The molecule has 88 valence electrons. The Hall–Kier alpha value is -1.74. The molecule has 0 radical (unpaired) electrons. The second-order valence-electron chi connectivity index (χ2n) is 4.00. The zero-order valence-electron chi connectivity index (χ0n) is 10.3. The fraction of sp³-hybridized carbons (Fsp3) is 0.286. The Morgan fingerprint density at radius 2 is 1.94 bits per heavy atom. The van der Waals surface area contributed by atoms with E-state index in [-0.39, 0.29) is 0 Å². The highest BCUT2D eigenvalue weighted by molar-refractivity contribution is 5.68. The van der Waals surface area contributed by atoms with E-state index >= 15 is 0 Å². The van der Waals surface area contributed by atoms with Crippen LogP contribution in [0.25, 0.3) is 11.1 Å². The number of nitrogens with two attached hydrogens (primary N) is 1. The SMILES string of the molecule is CCc1ncc(-c2ccccc2CN)c(C)n1. The van der Waals surface area contributed by atoms with Gasteiger partial charge in [0.25, 0.3) is 0 Å². The molecule has 0 amide bonds. The summed E-state index contributed by atoms with van der Waals surface area (Å²) in [4.78, 5) is 8.85. The summed E-state index contributed by atoms with van der Waals surface area (Å²) in [5.41, 5.74) is 10.1. The van der Waals surface area contributed by atoms with Gasteiger partial charge in [0.15, 0.2) is 0 Å². The molecule has 2 aromatic rings. The van der Waals surface area contributed by atoms with Gasteiger partial charge in [0.1, 0.15) is 5.82 Å². The number of hydrogen-bond acceptors (Lipinski definition) is 3. The lowest BCUT2D eigenvalue weighted by Gasteiger charge is -2.10. The van der Waals surface area contributed by atoms with Crippen LogP contribution in [-0.2, 0) is 13.0 Å². The minimum Gasteiger partial charge on any atom is -0.326 e. The summed E-state index contributed by atoms with van der Waals surface area (Å²) in [5.74, 6) is 0.886. The zero-order chi connectivity index (χ0) is 12.3. The van der Waals surface area contributed by atoms with Crippen molar-refractivity contribution >= 4 is 0 Å². The van der Waals surface area contributed by atoms with Crippen molar-refractivity contribution in [2.45, 2.75) is 26.8 Å². The van der Waals surface area contributed by atoms with Gasteiger partial charge in [-0.25, -0.2) is 9.97 Å². The summed E-state index contributed by atoms with van der Waals surface area (Å²) in [6.07, 6.45) is 2.76. The molecule has 2 rings (SSSR count). The highest BCUT2D eigenvalue weighted by atomic mass is 14.9. The minimum atomic E-state index is 0.533. The van der Waals surface area contributed by atoms with E-state index in [2.05, 4.69) is 23.0 Å². The zero-order valence-corrected chi connectivity index (χ0v) is 10.3. The van der Waals surface area contributed by atoms with Crippen molar-refractivity contribution in [3.63, 3.8) is 0 Å². The Labute approximate surface area is 102 Å². The molecule has 0 saturated carbocycles. The van der Waals surface area contributed by atoms with Gasteiger partial charge in [-0.15, -0.1) is 0 Å². The Bertz CT molecular complexity index is 521. The first-order valence-electron chi connectivity index (χ1n) is 5.87. The molecule has 1 heterocycles. The van der Waals surface area contributed by atoms with Crippen molar-refractivity contribution < 1.29 is 0 Å². The molecule has 1 aromatic heterocycles. The van der Waals surface area contributed by atoms with Crippen molar-refractivity contribution in [2.75, 3.05) is 0 Å². The lowest BCUT2D eigenvalue weighted by molar-refractivity contribution is 0.919. The summed E-state index contributed by atoms with van der Waals surface area (Å²) in [6.45, 7) is 4.61. The molecule has 0 saturated heterocycles. The van der Waals surface area contributed by atoms with Crippen LogP contribution in [0.5, 0.6) is 0 Å². The Kier molecular flexibility index (Phi) is 3.49. The molecule has 0 aliphatic heterocycles. The van der Waals surface area contributed by atoms with Gasteiger partial charge >= 0.3 is 0 Å². The number of nitrogens with zero attached hydrogens (tertiary/aromatic N) is 2. The van der Waals surface area contributed by atoms with E-state index in [1.54, 1.807) is 0 Å². The fourth-order valence-electron chi connectivity index (χ4n) is 1.91. The van der Waals surface area contributed by atoms with Crippen molar-refractivity contribution in [3.8, 4) is 11.1 Å². The molecule has 2 N–H and O–H groups in total. The monoisotopic (exact) mass is 227 g/mol. The molecule has 0 atom stereocenters. The summed E-state index contributed by atoms with van der Waals surface area (Å²) in [5, 5.41) is 0. The van der Waals surface area contributed by atoms with Crippen LogP contribution in [0.15, 0.2) is 30.5 Å². The van der Waals surface area contributed by atoms with Crippen molar-refractivity contribution in [1.29, 1.82) is 0 Å². The van der Waals surface area contributed by atoms with Crippen LogP contribution in [0.1, 0.15) is 24.0 Å². The number of aromatic nitrogens is 2. The average Bonchev–Trinajstić information content (AvgIpc) is 2.38. The second kappa shape index (κ2) is 5.06. The van der Waals surface area contributed by atoms with E-state index in [0.717, 1.165) is 34.6 Å². The maximum absolute atomic E-state index is 5.75. The van der Waals surface area contributed by atoms with Gasteiger partial charge in [-0.05, 0) is 18.1 Å². The summed E-state index contributed by atoms with van der Waals surface area (Å²) >= 11 is 0. The third-order valence-corrected chi connectivity index (χ3v) is 2.87. The molecule has 0 aliphatic rings. The molecule has 3 heteroatoms. The molecule has 0 fully saturated rings. The lowest BCUT2D eigenvalue weighted by Crippen LogP contribution is -2.02. The summed E-state index contributed by atoms with van der Waals surface area (Å²) in [7, 11) is 0. The van der Waals surface area contributed by atoms with Gasteiger partial charge in [0.2, 0.25) is 0 Å². The second-order valence-corrected chi connectivity index (χ2v) is 4.00. The van der Waals surface area contributed by atoms with Crippen molar-refractivity contribution in [2.24, 2.45) is 5.73 Å². The third kappa shape index (κ3) is 2.34. The highest BCUT2D eigenvalue weighted by Gasteiger charge is 2.08. The summed E-state index contributed by atoms with van der Waals surface area (Å²) < 4.78 is 0. The van der Waals surface area contributed by atoms with Crippen LogP contribution >= 0.6 is 0 Å². The summed E-state index contributed by atoms with van der Waals surface area (Å²) in [6, 6.07) is 8.13. The van der Waals surface area contributed by atoms with Crippen LogP contribution in [0.3, 0.4) is 0 Å². The highest BCUT2D eigenvalue weighted by Crippen LogP contribution is 2.25. The predicted molar refractivity (Wildman–Crippen MR) is 69.5 cm³/mol. The lowest BCUT2D eigenvalue weighted by atomic mass is 10.00. The van der Waals surface area contributed by atoms with E-state index in [0.29, 0.717) is 6.54 Å². The normalized spacial score (nSPS) is 10.5. The van der Waals surface area contributed by atoms with Crippen LogP contribution in [-0.4, -0.2) is 9.97 Å². The van der Waals surface area contributed by atoms with E-state index in [4.69, 9.17) is 5.73 Å². The molecule has 17 heavy (non-hydrogen) atoms. The van der Waals surface area contributed by atoms with Crippen LogP contribution < -0.4 is 5.73 Å². The average molecular weight is 227 g/mol. The Balaban J connectivity index is 2.53. The molecule has 1 aromatic carbocycles. The fourth-order valence-corrected chi connectivity index (χ4v) is 1.91. The topological polar surface area (TPSA) is 51.8 Å². The number of aryl methyl sites for hydroxylation is 2. The van der Waals surface area contributed by atoms with Gasteiger partial charge in [0.05, 0.1) is 0 Å². The molecular weight excluding hydrogens is 210 g/mol. The smallest absolute Gasteiger partial charge is 0.128 e. The Morgan fingerprint density at radius 3 is 2.59 bits per heavy atom. The standard InChI is InChI=1S/C14H17N3/c1-3-14-16-9-13(10(2)17-14)12-7-5-4-6-11(12)8-15/h4-7,9H,3,8,15H2,1-2H3. The minimum absolute atomic E-state index is 0.533. The largest absolute Gasteiger partial charge is 0.326 e. The van der Waals surface area contributed by atoms with E-state index in [9.17, 15) is 0 Å². The van der Waals surface area contributed by atoms with Crippen molar-refractivity contribution in [1.82, 2.24) is 9.97 Å². The number of hydrogen-bond donors (Lipinski definition) is 1. The predicted octanol–water partition coefficient (Wildman–Crippen LogP) is 2.47. The number of benzene rings is 1. The van der Waals surface area contributed by atoms with Gasteiger partial charge in [-0.3, -0.25) is 0 Å². The molecule has 0 aliphatic carbocycles. The maximum Gasteiger partial charge on any atom is 0.128 e. The molecule has 0 spiro atoms. The van der Waals surface area contributed by atoms with Crippen LogP contribution in [0.4, 0.5) is 0 Å².